The molecule has 21 heavy (non-hydrogen) atoms. The minimum absolute atomic E-state index is 0.0182. The molecule has 0 nitrogen and oxygen atoms in total. The van der Waals surface area contributed by atoms with Crippen LogP contribution >= 0.6 is 0 Å². The molecule has 0 N–H and O–H groups in total. The van der Waals surface area contributed by atoms with Gasteiger partial charge in [-0.05, 0) is 62.0 Å². The Hall–Kier alpha value is -0.590. The van der Waals surface area contributed by atoms with Gasteiger partial charge >= 0.3 is 0 Å². The molecule has 0 saturated heterocycles. The maximum atomic E-state index is 14.5. The Bertz CT molecular complexity index is 339. The molecule has 0 heterocycles. The minimum atomic E-state index is -0.0307. The van der Waals surface area contributed by atoms with E-state index in [-0.39, 0.29) is 16.7 Å². The van der Waals surface area contributed by atoms with Crippen molar-refractivity contribution < 1.29 is 4.39 Å². The summed E-state index contributed by atoms with van der Waals surface area (Å²) in [6, 6.07) is 0. The van der Waals surface area contributed by atoms with Gasteiger partial charge in [0, 0.05) is 0 Å². The molecule has 0 spiro atoms. The zero-order chi connectivity index (χ0) is 17.3. The van der Waals surface area contributed by atoms with Gasteiger partial charge in [-0.1, -0.05) is 61.0 Å². The molecule has 0 saturated carbocycles. The summed E-state index contributed by atoms with van der Waals surface area (Å²) in [5, 5.41) is 0. The quantitative estimate of drug-likeness (QED) is 0.420. The van der Waals surface area contributed by atoms with Crippen LogP contribution in [0.4, 0.5) is 4.39 Å². The van der Waals surface area contributed by atoms with Crippen molar-refractivity contribution in [2.45, 2.75) is 94.9 Å². The van der Waals surface area contributed by atoms with E-state index in [9.17, 15) is 4.39 Å². The van der Waals surface area contributed by atoms with Gasteiger partial charge in [0.25, 0.3) is 0 Å². The molecule has 0 fully saturated rings. The maximum absolute atomic E-state index is 14.5. The Morgan fingerprint density at radius 3 is 1.43 bits per heavy atom. The largest absolute Gasteiger partial charge is 0.207 e. The number of hydrogen-bond acceptors (Lipinski definition) is 0. The number of hydrogen-bond donors (Lipinski definition) is 0. The van der Waals surface area contributed by atoms with Gasteiger partial charge in [0.05, 0.1) is 0 Å². The highest BCUT2D eigenvalue weighted by Crippen LogP contribution is 2.39. The van der Waals surface area contributed by atoms with E-state index in [0.29, 0.717) is 0 Å². The van der Waals surface area contributed by atoms with Gasteiger partial charge in [0.2, 0.25) is 0 Å². The van der Waals surface area contributed by atoms with Crippen molar-refractivity contribution in [2.24, 2.45) is 10.8 Å². The van der Waals surface area contributed by atoms with Crippen molar-refractivity contribution in [3.8, 4) is 0 Å². The summed E-state index contributed by atoms with van der Waals surface area (Å²) in [7, 11) is 0. The molecule has 0 aromatic rings. The molecule has 0 aliphatic carbocycles. The lowest BCUT2D eigenvalue weighted by atomic mass is 9.75. The van der Waals surface area contributed by atoms with Crippen LogP contribution in [0.25, 0.3) is 0 Å². The van der Waals surface area contributed by atoms with Crippen molar-refractivity contribution in [1.29, 1.82) is 0 Å². The Kier molecular flexibility index (Phi) is 11.0. The lowest BCUT2D eigenvalue weighted by Gasteiger charge is -2.30. The van der Waals surface area contributed by atoms with E-state index < -0.39 is 0 Å². The molecule has 0 amide bonds. The highest BCUT2D eigenvalue weighted by molar-refractivity contribution is 5.28. The van der Waals surface area contributed by atoms with E-state index >= 15 is 0 Å². The third kappa shape index (κ3) is 5.96. The molecule has 0 radical (unpaired) electrons. The van der Waals surface area contributed by atoms with Crippen LogP contribution in [0.1, 0.15) is 94.9 Å². The second-order valence-corrected chi connectivity index (χ2v) is 6.34. The summed E-state index contributed by atoms with van der Waals surface area (Å²) in [6.45, 7) is 21.0. The molecule has 0 aromatic heterocycles. The smallest absolute Gasteiger partial charge is 0.122 e. The highest BCUT2D eigenvalue weighted by Gasteiger charge is 2.26. The van der Waals surface area contributed by atoms with Crippen LogP contribution in [0.3, 0.4) is 0 Å². The first-order valence-corrected chi connectivity index (χ1v) is 8.76. The van der Waals surface area contributed by atoms with Crippen LogP contribution in [-0.2, 0) is 0 Å². The second kappa shape index (κ2) is 10.2. The Morgan fingerprint density at radius 1 is 0.810 bits per heavy atom. The molecule has 0 aliphatic heterocycles. The van der Waals surface area contributed by atoms with E-state index in [4.69, 9.17) is 0 Å². The van der Waals surface area contributed by atoms with Gasteiger partial charge in [-0.15, -0.1) is 0 Å². The average Bonchev–Trinajstić information content (AvgIpc) is 2.53. The van der Waals surface area contributed by atoms with Crippen LogP contribution in [0.2, 0.25) is 0 Å². The van der Waals surface area contributed by atoms with Crippen LogP contribution in [0.5, 0.6) is 0 Å². The van der Waals surface area contributed by atoms with Gasteiger partial charge in [0.15, 0.2) is 0 Å². The summed E-state index contributed by atoms with van der Waals surface area (Å²) in [6.07, 6.45) is 5.84. The van der Waals surface area contributed by atoms with E-state index in [1.54, 1.807) is 6.08 Å². The molecule has 0 aliphatic rings. The van der Waals surface area contributed by atoms with Crippen LogP contribution < -0.4 is 0 Å². The maximum Gasteiger partial charge on any atom is 0.122 e. The summed E-state index contributed by atoms with van der Waals surface area (Å²) in [5.41, 5.74) is 2.15. The van der Waals surface area contributed by atoms with Gasteiger partial charge in [-0.25, -0.2) is 4.39 Å². The highest BCUT2D eigenvalue weighted by atomic mass is 19.1. The van der Waals surface area contributed by atoms with Crippen LogP contribution in [-0.4, -0.2) is 0 Å². The first-order chi connectivity index (χ1) is 9.70. The zero-order valence-corrected chi connectivity index (χ0v) is 16.3. The van der Waals surface area contributed by atoms with E-state index in [2.05, 4.69) is 48.5 Å². The number of rotatable bonds is 7. The Labute approximate surface area is 133 Å². The SMILES string of the molecule is CC.CCC(C)(CC)/C(C)=C(F)/C=C(\C)C(C)(CC)CC. The fourth-order valence-corrected chi connectivity index (χ4v) is 2.35. The van der Waals surface area contributed by atoms with Crippen molar-refractivity contribution in [3.63, 3.8) is 0 Å². The predicted molar refractivity (Wildman–Crippen MR) is 96.3 cm³/mol. The van der Waals surface area contributed by atoms with Gasteiger partial charge in [0.1, 0.15) is 5.83 Å². The molecular formula is C20H39F. The molecule has 0 atom stereocenters. The third-order valence-corrected chi connectivity index (χ3v) is 5.68. The number of allylic oxidation sites excluding steroid dienone is 4. The summed E-state index contributed by atoms with van der Waals surface area (Å²) in [4.78, 5) is 0. The fraction of sp³-hybridized carbons (Fsp3) is 0.800. The van der Waals surface area contributed by atoms with Gasteiger partial charge < -0.3 is 0 Å². The first kappa shape index (κ1) is 22.7. The van der Waals surface area contributed by atoms with Crippen molar-refractivity contribution in [3.05, 3.63) is 23.0 Å². The van der Waals surface area contributed by atoms with E-state index in [1.807, 2.05) is 20.8 Å². The third-order valence-electron chi connectivity index (χ3n) is 5.68. The van der Waals surface area contributed by atoms with Gasteiger partial charge in [-0.3, -0.25) is 0 Å². The Balaban J connectivity index is 0. The van der Waals surface area contributed by atoms with Crippen molar-refractivity contribution in [2.75, 3.05) is 0 Å². The molecule has 0 rings (SSSR count). The zero-order valence-electron chi connectivity index (χ0n) is 16.3. The summed E-state index contributed by atoms with van der Waals surface area (Å²) in [5.74, 6) is -0.0307. The van der Waals surface area contributed by atoms with Crippen molar-refractivity contribution >= 4 is 0 Å². The normalized spacial score (nSPS) is 14.3. The van der Waals surface area contributed by atoms with Crippen molar-refractivity contribution in [1.82, 2.24) is 0 Å². The predicted octanol–water partition coefficient (Wildman–Crippen LogP) is 7.86. The molecule has 126 valence electrons. The monoisotopic (exact) mass is 298 g/mol. The molecule has 0 bridgehead atoms. The minimum Gasteiger partial charge on any atom is -0.207 e. The second-order valence-electron chi connectivity index (χ2n) is 6.34. The molecular weight excluding hydrogens is 259 g/mol. The standard InChI is InChI=1S/C18H33F.C2H6/c1-9-17(7,10-2)14(5)13-16(19)15(6)18(8,11-3)12-4;1-2/h13H,9-12H2,1-8H3;1-2H3/b14-13+,16-15-;. The Morgan fingerprint density at radius 2 is 1.14 bits per heavy atom. The fourth-order valence-electron chi connectivity index (χ4n) is 2.35. The lowest BCUT2D eigenvalue weighted by molar-refractivity contribution is 0.352. The summed E-state index contributed by atoms with van der Waals surface area (Å²) >= 11 is 0. The van der Waals surface area contributed by atoms with E-state index in [1.165, 1.54) is 0 Å². The average molecular weight is 299 g/mol. The molecule has 0 unspecified atom stereocenters. The van der Waals surface area contributed by atoms with Gasteiger partial charge in [-0.2, -0.15) is 0 Å². The topological polar surface area (TPSA) is 0 Å². The number of halogens is 1. The first-order valence-electron chi connectivity index (χ1n) is 8.76. The molecule has 1 heteroatoms. The van der Waals surface area contributed by atoms with Crippen LogP contribution in [0, 0.1) is 10.8 Å². The molecule has 0 aromatic carbocycles. The van der Waals surface area contributed by atoms with Crippen LogP contribution in [0.15, 0.2) is 23.0 Å². The van der Waals surface area contributed by atoms with E-state index in [0.717, 1.165) is 36.8 Å². The summed E-state index contributed by atoms with van der Waals surface area (Å²) < 4.78 is 14.5. The lowest BCUT2D eigenvalue weighted by Crippen LogP contribution is -2.18.